The van der Waals surface area contributed by atoms with Crippen LogP contribution in [0, 0.1) is 11.7 Å². The molecule has 10 aromatic carbocycles. The molecule has 10 aromatic heterocycles. The fourth-order valence-corrected chi connectivity index (χ4v) is 20.1. The second-order valence-corrected chi connectivity index (χ2v) is 33.7. The molecular formula is C107H105F4N15O6. The third kappa shape index (κ3) is 16.3. The minimum absolute atomic E-state index is 0. The van der Waals surface area contributed by atoms with Gasteiger partial charge in [0.1, 0.15) is 28.8 Å². The van der Waals surface area contributed by atoms with E-state index in [0.717, 1.165) is 258 Å². The first kappa shape index (κ1) is 90.5. The highest BCUT2D eigenvalue weighted by atomic mass is 19.4. The van der Waals surface area contributed by atoms with E-state index in [4.69, 9.17) is 29.7 Å². The number of benzene rings is 10. The number of phenols is 5. The van der Waals surface area contributed by atoms with Crippen molar-refractivity contribution in [2.75, 3.05) is 7.11 Å². The fourth-order valence-electron chi connectivity index (χ4n) is 20.1. The number of hydrogen-bond acceptors (Lipinski definition) is 16. The van der Waals surface area contributed by atoms with Gasteiger partial charge in [0, 0.05) is 87.7 Å². The maximum absolute atomic E-state index is 14.5. The van der Waals surface area contributed by atoms with Crippen LogP contribution in [-0.2, 0) is 70.4 Å². The molecule has 1 unspecified atom stereocenters. The zero-order valence-corrected chi connectivity index (χ0v) is 69.4. The second-order valence-electron chi connectivity index (χ2n) is 33.7. The number of nitrogens with zero attached hydrogens (tertiary/aromatic N) is 10. The van der Waals surface area contributed by atoms with Crippen LogP contribution < -0.4 is 4.74 Å². The molecule has 0 bridgehead atoms. The Kier molecular flexibility index (Phi) is 25.3. The number of phenolic OH excluding ortho intramolecular Hbond substituents is 5. The lowest BCUT2D eigenvalue weighted by Gasteiger charge is -2.25. The van der Waals surface area contributed by atoms with Crippen molar-refractivity contribution in [3.63, 3.8) is 0 Å². The molecule has 25 rings (SSSR count). The number of H-pyrrole nitrogens is 5. The van der Waals surface area contributed by atoms with Gasteiger partial charge in [0.25, 0.3) is 0 Å². The van der Waals surface area contributed by atoms with Crippen LogP contribution in [0.3, 0.4) is 0 Å². The van der Waals surface area contributed by atoms with E-state index in [1.54, 1.807) is 49.7 Å². The summed E-state index contributed by atoms with van der Waals surface area (Å²) >= 11 is 0. The van der Waals surface area contributed by atoms with Crippen molar-refractivity contribution < 1.29 is 47.8 Å². The minimum atomic E-state index is -4.63. The molecule has 10 N–H and O–H groups in total. The number of hydrogen-bond donors (Lipinski definition) is 10. The van der Waals surface area contributed by atoms with Crippen molar-refractivity contribution in [3.05, 3.63) is 262 Å². The Morgan fingerprint density at radius 2 is 0.636 bits per heavy atom. The summed E-state index contributed by atoms with van der Waals surface area (Å²) in [7, 11) is 1.57. The van der Waals surface area contributed by atoms with E-state index in [1.165, 1.54) is 86.5 Å². The minimum Gasteiger partial charge on any atom is -0.508 e. The van der Waals surface area contributed by atoms with Crippen molar-refractivity contribution in [2.45, 2.75) is 166 Å². The monoisotopic (exact) mass is 1770 g/mol. The predicted octanol–water partition coefficient (Wildman–Crippen LogP) is 26.0. The van der Waals surface area contributed by atoms with Gasteiger partial charge >= 0.3 is 6.18 Å². The van der Waals surface area contributed by atoms with E-state index >= 15 is 0 Å². The van der Waals surface area contributed by atoms with Crippen molar-refractivity contribution in [3.8, 4) is 90.8 Å². The zero-order valence-electron chi connectivity index (χ0n) is 69.4. The fraction of sp³-hybridized carbons (Fsp3) is 0.252. The first-order chi connectivity index (χ1) is 61.9. The Bertz CT molecular complexity index is 7770. The maximum Gasteiger partial charge on any atom is 0.419 e. The number of aryl methyl sites for hydroxylation is 5. The summed E-state index contributed by atoms with van der Waals surface area (Å²) in [4.78, 5) is 24.6. The standard InChI is InChI=1S/C21H16F3N3O.C21H19N3O2.C21H19N3O.C20H16FN3O.C19H15N3O.5CH4/c22-21(23,24)15-9-11(5-8-18(15)28)20-13-4-2-1-3-12(13)19-14-10-25-27-16(14)6-7-17(19)26-20;1-26-19-10-12(6-9-18(19)25)21-14-5-3-2-4-13(14)20-15-11-22-24-16(15)7-8-17(20)23-21;1-12-2-7-15-16(10-12)21(13-3-5-14(25)6-4-13)23-19-9-8-18-17(20(15)19)11-22-24-18;21-16-9-11(25)5-6-14(16)20-13-4-2-1-3-12(13)19-15-10-22-24-17(15)7-8-18(19)23-20;23-12-6-4-11(5-7-12)19-14-3-1-2-13(14)18-15-10-20-22-16(15)8-9-17(18)21-19;;;;;/h5-10,28H,1-4H2,(H,25,27);6-11,25H,2-5H2,1H3,(H,22,24);3-6,8-9,11-12,25H,2,7,10H2,1H3,(H,22,24);5-10,25H,1-4H2,(H,22,24);4-10,23H,1-3H2,(H,20,22);5*1H4. The van der Waals surface area contributed by atoms with E-state index in [-0.39, 0.29) is 60.1 Å². The molecule has 5 aliphatic rings. The summed E-state index contributed by atoms with van der Waals surface area (Å²) in [6.45, 7) is 2.31. The van der Waals surface area contributed by atoms with Gasteiger partial charge in [0.05, 0.1) is 127 Å². The maximum atomic E-state index is 14.5. The van der Waals surface area contributed by atoms with Crippen LogP contribution in [0.15, 0.2) is 195 Å². The lowest BCUT2D eigenvalue weighted by molar-refractivity contribution is -0.138. The largest absolute Gasteiger partial charge is 0.508 e. The van der Waals surface area contributed by atoms with Crippen LogP contribution >= 0.6 is 0 Å². The first-order valence-electron chi connectivity index (χ1n) is 43.2. The van der Waals surface area contributed by atoms with Crippen LogP contribution in [0.25, 0.3) is 165 Å². The molecular weight excluding hydrogens is 1670 g/mol. The van der Waals surface area contributed by atoms with E-state index in [0.29, 0.717) is 34.2 Å². The Labute approximate surface area is 759 Å². The van der Waals surface area contributed by atoms with Crippen molar-refractivity contribution in [1.82, 2.24) is 75.9 Å². The van der Waals surface area contributed by atoms with Gasteiger partial charge in [-0.2, -0.15) is 38.7 Å². The topological polar surface area (TPSA) is 318 Å². The number of fused-ring (bicyclic) bond motifs is 25. The number of ether oxygens (including phenoxy) is 1. The number of methoxy groups -OCH3 is 1. The third-order valence-electron chi connectivity index (χ3n) is 26.1. The molecule has 0 fully saturated rings. The molecule has 1 atom stereocenters. The van der Waals surface area contributed by atoms with Gasteiger partial charge in [-0.15, -0.1) is 0 Å². The molecule has 0 spiro atoms. The molecule has 0 saturated heterocycles. The molecule has 0 amide bonds. The SMILES string of the molecule is C.C.C.C.C.CC1CCc2c(c(-c3ccc(O)cc3)nc3ccc4[nH]ncc4c23)C1.COc1cc(-c2nc3ccc4[nH]ncc4c3c3c2CCCC3)ccc1O.Oc1ccc(-c2nc3ccc4[nH]ncc4c3c3c2CCC3)cc1.Oc1ccc(-c2nc3ccc4[nH]ncc4c3c3c2CCCC3)c(F)c1.Oc1ccc(-c2nc3ccc4[nH]ncc4c3c3c2CCCC3)cc1C(F)(F)F. The van der Waals surface area contributed by atoms with E-state index in [1.807, 2.05) is 97.6 Å². The van der Waals surface area contributed by atoms with Crippen molar-refractivity contribution in [1.29, 1.82) is 0 Å². The highest BCUT2D eigenvalue weighted by molar-refractivity contribution is 6.12. The summed E-state index contributed by atoms with van der Waals surface area (Å²) < 4.78 is 59.6. The first-order valence-corrected chi connectivity index (χ1v) is 43.2. The summed E-state index contributed by atoms with van der Waals surface area (Å²) in [5.74, 6) is 0.556. The zero-order chi connectivity index (χ0) is 86.5. The number of rotatable bonds is 6. The van der Waals surface area contributed by atoms with E-state index in [2.05, 4.69) is 82.2 Å². The summed E-state index contributed by atoms with van der Waals surface area (Å²) in [5, 5.41) is 95.7. The summed E-state index contributed by atoms with van der Waals surface area (Å²) in [6, 6.07) is 48.1. The summed E-state index contributed by atoms with van der Waals surface area (Å²) in [5.41, 5.74) is 29.7. The van der Waals surface area contributed by atoms with E-state index in [9.17, 15) is 43.1 Å². The predicted molar refractivity (Wildman–Crippen MR) is 521 cm³/mol. The van der Waals surface area contributed by atoms with Gasteiger partial charge in [0.2, 0.25) is 0 Å². The van der Waals surface area contributed by atoms with Crippen LogP contribution in [0.1, 0.15) is 157 Å². The third-order valence-corrected chi connectivity index (χ3v) is 26.1. The molecule has 0 saturated carbocycles. The molecule has 25 heteroatoms. The molecule has 0 aliphatic heterocycles. The van der Waals surface area contributed by atoms with Crippen molar-refractivity contribution >= 4 is 109 Å². The second kappa shape index (κ2) is 36.9. The highest BCUT2D eigenvalue weighted by Crippen LogP contribution is 2.48. The number of aromatic nitrogens is 15. The average molecular weight is 1770 g/mol. The smallest absolute Gasteiger partial charge is 0.419 e. The van der Waals surface area contributed by atoms with Gasteiger partial charge in [-0.05, 0) is 335 Å². The Balaban J connectivity index is 0.000000119. The lowest BCUT2D eigenvalue weighted by atomic mass is 9.81. The Morgan fingerprint density at radius 3 is 1.02 bits per heavy atom. The summed E-state index contributed by atoms with van der Waals surface area (Å²) in [6.07, 6.45) is 23.5. The van der Waals surface area contributed by atoms with Crippen LogP contribution in [0.5, 0.6) is 34.5 Å². The number of halogens is 4. The van der Waals surface area contributed by atoms with Crippen LogP contribution in [0.2, 0.25) is 0 Å². The molecule has 5 aliphatic carbocycles. The van der Waals surface area contributed by atoms with Gasteiger partial charge in [-0.1, -0.05) is 44.1 Å². The molecule has 672 valence electrons. The van der Waals surface area contributed by atoms with Gasteiger partial charge in [0.15, 0.2) is 11.5 Å². The number of aromatic hydroxyl groups is 5. The lowest BCUT2D eigenvalue weighted by Crippen LogP contribution is -2.14. The molecule has 132 heavy (non-hydrogen) atoms. The van der Waals surface area contributed by atoms with Crippen molar-refractivity contribution in [2.24, 2.45) is 5.92 Å². The number of alkyl halides is 3. The molecule has 10 heterocycles. The Morgan fingerprint density at radius 1 is 0.326 bits per heavy atom. The molecule has 0 radical (unpaired) electrons. The molecule has 21 nitrogen and oxygen atoms in total. The Hall–Kier alpha value is -14.9. The highest BCUT2D eigenvalue weighted by Gasteiger charge is 2.36. The van der Waals surface area contributed by atoms with Gasteiger partial charge in [-0.25, -0.2) is 29.3 Å². The quantitative estimate of drug-likeness (QED) is 0.0692. The normalized spacial score (nSPS) is 14.1. The number of pyridine rings is 5. The van der Waals surface area contributed by atoms with Gasteiger partial charge < -0.3 is 30.3 Å². The average Bonchev–Trinajstić information content (AvgIpc) is 0.877. The molecule has 20 aromatic rings. The van der Waals surface area contributed by atoms with Crippen LogP contribution in [0.4, 0.5) is 17.6 Å². The van der Waals surface area contributed by atoms with E-state index < -0.39 is 23.3 Å². The van der Waals surface area contributed by atoms with Gasteiger partial charge in [-0.3, -0.25) is 25.5 Å². The van der Waals surface area contributed by atoms with Crippen LogP contribution in [-0.4, -0.2) is 109 Å². The number of aromatic amines is 5. The number of nitrogens with one attached hydrogen (secondary N) is 5.